The summed E-state index contributed by atoms with van der Waals surface area (Å²) in [4.78, 5) is 136. The fourth-order valence-corrected chi connectivity index (χ4v) is 8.84. The van der Waals surface area contributed by atoms with E-state index in [1.54, 1.807) is 53.0 Å². The third-order valence-electron chi connectivity index (χ3n) is 13.4. The Morgan fingerprint density at radius 1 is 0.457 bits per heavy atom. The number of phenolic OH excluding ortho intramolecular Hbond substituents is 2. The van der Waals surface area contributed by atoms with Gasteiger partial charge in [-0.05, 0) is 110 Å². The Morgan fingerprint density at radius 2 is 0.827 bits per heavy atom. The zero-order valence-corrected chi connectivity index (χ0v) is 50.0. The number of benzene rings is 2. The fourth-order valence-electron chi connectivity index (χ4n) is 8.37. The number of carbonyl (C=O) groups excluding carboxylic acids is 9. The number of aromatic hydroxyl groups is 2. The number of carbonyl (C=O) groups is 10. The highest BCUT2D eigenvalue weighted by molar-refractivity contribution is 7.98. The average Bonchev–Trinajstić information content (AvgIpc) is 3.39. The number of hydrogen-bond donors (Lipinski definition) is 13. The third-order valence-corrected chi connectivity index (χ3v) is 14.1. The van der Waals surface area contributed by atoms with Crippen molar-refractivity contribution in [3.8, 4) is 11.5 Å². The van der Waals surface area contributed by atoms with E-state index in [1.165, 1.54) is 62.0 Å². The normalized spacial score (nSPS) is 15.5. The number of nitrogens with two attached hydrogens (primary N) is 1. The SMILES string of the molecule is CC[C@H](C)[C@H](NC(=O)[C@@H](N)CC(C)C)C(=O)N[C@@H](CC(C)C)C(=O)N[C@@H](Cc1ccc(O)cc1)C(=O)N[C@H](C(=O)N[C@H](C(=O)N[C@@H](C)C(=O)N[C@@H](CCSC)C(=O)N[C@@H](C)C(=O)N[C@@H](Cc1ccc(O)cc1)C(=O)O)C(C)C)C(C)C. The molecule has 23 nitrogen and oxygen atoms in total. The predicted octanol–water partition coefficient (Wildman–Crippen LogP) is 1.90. The molecule has 0 aromatic heterocycles. The molecule has 0 heterocycles. The summed E-state index contributed by atoms with van der Waals surface area (Å²) in [5, 5.41) is 53.3. The summed E-state index contributed by atoms with van der Waals surface area (Å²) in [7, 11) is 0. The van der Waals surface area contributed by atoms with Crippen LogP contribution in [0.2, 0.25) is 0 Å². The molecule has 0 unspecified atom stereocenters. The molecule has 452 valence electrons. The van der Waals surface area contributed by atoms with Crippen LogP contribution in [0, 0.1) is 29.6 Å². The molecule has 0 radical (unpaired) electrons. The molecule has 9 amide bonds. The molecule has 0 saturated heterocycles. The molecule has 11 atom stereocenters. The molecule has 0 aliphatic heterocycles. The van der Waals surface area contributed by atoms with Gasteiger partial charge in [0.2, 0.25) is 53.2 Å². The van der Waals surface area contributed by atoms with Gasteiger partial charge < -0.3 is 68.9 Å². The van der Waals surface area contributed by atoms with Crippen LogP contribution in [0.5, 0.6) is 11.5 Å². The van der Waals surface area contributed by atoms with E-state index in [0.29, 0.717) is 29.7 Å². The largest absolute Gasteiger partial charge is 0.508 e. The van der Waals surface area contributed by atoms with Gasteiger partial charge in [0.15, 0.2) is 0 Å². The highest BCUT2D eigenvalue weighted by Crippen LogP contribution is 2.17. The van der Waals surface area contributed by atoms with Gasteiger partial charge >= 0.3 is 5.97 Å². The number of carboxylic acid groups (broad SMARTS) is 1. The van der Waals surface area contributed by atoms with Crippen molar-refractivity contribution >= 4 is 70.9 Å². The number of aliphatic carboxylic acids is 1. The van der Waals surface area contributed by atoms with Crippen LogP contribution in [-0.2, 0) is 60.8 Å². The van der Waals surface area contributed by atoms with Gasteiger partial charge in [-0.15, -0.1) is 0 Å². The summed E-state index contributed by atoms with van der Waals surface area (Å²) >= 11 is 1.38. The maximum atomic E-state index is 14.4. The van der Waals surface area contributed by atoms with E-state index in [9.17, 15) is 63.3 Å². The number of nitrogens with one attached hydrogen (secondary N) is 9. The highest BCUT2D eigenvalue weighted by atomic mass is 32.2. The lowest BCUT2D eigenvalue weighted by atomic mass is 9.95. The molecule has 2 rings (SSSR count). The van der Waals surface area contributed by atoms with E-state index in [-0.39, 0.29) is 54.9 Å². The minimum absolute atomic E-state index is 0.0193. The van der Waals surface area contributed by atoms with Crippen molar-refractivity contribution in [2.75, 3.05) is 12.0 Å². The van der Waals surface area contributed by atoms with Crippen molar-refractivity contribution in [3.63, 3.8) is 0 Å². The molecular weight excluding hydrogens is 1060 g/mol. The number of rotatable bonds is 34. The van der Waals surface area contributed by atoms with Gasteiger partial charge in [-0.25, -0.2) is 4.79 Å². The third kappa shape index (κ3) is 24.4. The van der Waals surface area contributed by atoms with Crippen LogP contribution in [0.1, 0.15) is 120 Å². The first-order chi connectivity index (χ1) is 37.9. The standard InChI is InChI=1S/C57H90N10O13S/c1-14-33(10)47(67-50(72)40(58)25-29(2)3)56(78)63-42(26-30(4)5)52(74)62-43(27-36-15-19-38(68)20-16-36)53(75)65-46(32(8)9)55(77)66-45(31(6)7)54(76)60-35(12)48(70)61-41(23-24-81-13)51(73)59-34(11)49(71)64-44(57(79)80)28-37-17-21-39(69)22-18-37/h15-22,29-35,40-47,68-69H,14,23-28,58H2,1-13H3,(H,59,73)(H,60,76)(H,61,70)(H,62,74)(H,63,78)(H,64,71)(H,65,75)(H,66,77)(H,67,72)(H,79,80)/t33-,34-,35-,40-,41-,42-,43-,44-,45-,46-,47-/m0/s1. The van der Waals surface area contributed by atoms with Gasteiger partial charge in [0.25, 0.3) is 0 Å². The number of phenols is 2. The molecule has 24 heteroatoms. The van der Waals surface area contributed by atoms with Crippen molar-refractivity contribution < 1.29 is 63.3 Å². The van der Waals surface area contributed by atoms with Gasteiger partial charge in [0, 0.05) is 12.8 Å². The molecule has 2 aromatic carbocycles. The predicted molar refractivity (Wildman–Crippen MR) is 309 cm³/mol. The maximum Gasteiger partial charge on any atom is 0.326 e. The highest BCUT2D eigenvalue weighted by Gasteiger charge is 2.37. The number of amides is 9. The average molecular weight is 1160 g/mol. The minimum atomic E-state index is -1.37. The topological polar surface area (TPSA) is 366 Å². The van der Waals surface area contributed by atoms with Crippen molar-refractivity contribution in [2.24, 2.45) is 35.3 Å². The summed E-state index contributed by atoms with van der Waals surface area (Å²) in [6.07, 6.45) is 2.72. The smallest absolute Gasteiger partial charge is 0.326 e. The van der Waals surface area contributed by atoms with Crippen LogP contribution in [0.4, 0.5) is 0 Å². The van der Waals surface area contributed by atoms with Gasteiger partial charge in [-0.2, -0.15) is 11.8 Å². The number of carboxylic acids is 1. The molecule has 0 aliphatic rings. The van der Waals surface area contributed by atoms with Crippen LogP contribution in [0.15, 0.2) is 48.5 Å². The molecule has 2 aromatic rings. The first-order valence-corrected chi connectivity index (χ1v) is 29.0. The second-order valence-electron chi connectivity index (χ2n) is 22.3. The van der Waals surface area contributed by atoms with Crippen LogP contribution in [0.3, 0.4) is 0 Å². The van der Waals surface area contributed by atoms with Crippen molar-refractivity contribution in [3.05, 3.63) is 59.7 Å². The van der Waals surface area contributed by atoms with Crippen LogP contribution in [0.25, 0.3) is 0 Å². The number of thioether (sulfide) groups is 1. The maximum absolute atomic E-state index is 14.4. The molecule has 81 heavy (non-hydrogen) atoms. The molecule has 0 aliphatic carbocycles. The van der Waals surface area contributed by atoms with Crippen molar-refractivity contribution in [2.45, 2.75) is 182 Å². The van der Waals surface area contributed by atoms with Gasteiger partial charge in [-0.1, -0.05) is 99.9 Å². The Bertz CT molecular complexity index is 2420. The zero-order chi connectivity index (χ0) is 61.4. The molecule has 0 spiro atoms. The van der Waals surface area contributed by atoms with E-state index in [2.05, 4.69) is 47.9 Å². The Hall–Kier alpha value is -6.95. The monoisotopic (exact) mass is 1150 g/mol. The fraction of sp³-hybridized carbons (Fsp3) is 0.614. The first-order valence-electron chi connectivity index (χ1n) is 27.7. The summed E-state index contributed by atoms with van der Waals surface area (Å²) in [5.74, 6) is -8.99. The summed E-state index contributed by atoms with van der Waals surface area (Å²) in [5.41, 5.74) is 7.21. The Kier molecular flexibility index (Phi) is 29.8. The van der Waals surface area contributed by atoms with Gasteiger partial charge in [0.1, 0.15) is 65.9 Å². The lowest BCUT2D eigenvalue weighted by molar-refractivity contribution is -0.142. The summed E-state index contributed by atoms with van der Waals surface area (Å²) in [6, 6.07) is -0.301. The Balaban J connectivity index is 2.30. The number of hydrogen-bond acceptors (Lipinski definition) is 14. The zero-order valence-electron chi connectivity index (χ0n) is 49.1. The molecule has 0 fully saturated rings. The van der Waals surface area contributed by atoms with Gasteiger partial charge in [-0.3, -0.25) is 43.2 Å². The van der Waals surface area contributed by atoms with Gasteiger partial charge in [0.05, 0.1) is 6.04 Å². The molecule has 0 bridgehead atoms. The minimum Gasteiger partial charge on any atom is -0.508 e. The van der Waals surface area contributed by atoms with Crippen LogP contribution in [-0.4, -0.2) is 147 Å². The molecule has 14 N–H and O–H groups in total. The van der Waals surface area contributed by atoms with E-state index in [1.807, 2.05) is 34.6 Å². The second kappa shape index (κ2) is 34.4. The molecule has 0 saturated carbocycles. The van der Waals surface area contributed by atoms with E-state index in [0.717, 1.165) is 0 Å². The molecular formula is C57H90N10O13S. The second-order valence-corrected chi connectivity index (χ2v) is 23.2. The Morgan fingerprint density at radius 3 is 1.27 bits per heavy atom. The summed E-state index contributed by atoms with van der Waals surface area (Å²) < 4.78 is 0. The van der Waals surface area contributed by atoms with E-state index < -0.39 is 131 Å². The summed E-state index contributed by atoms with van der Waals surface area (Å²) in [6.45, 7) is 20.5. The van der Waals surface area contributed by atoms with Crippen molar-refractivity contribution in [1.82, 2.24) is 47.9 Å². The van der Waals surface area contributed by atoms with E-state index >= 15 is 0 Å². The van der Waals surface area contributed by atoms with Crippen LogP contribution < -0.4 is 53.6 Å². The first kappa shape index (κ1) is 70.2. The lowest BCUT2D eigenvalue weighted by Crippen LogP contribution is -2.62. The van der Waals surface area contributed by atoms with E-state index in [4.69, 9.17) is 5.73 Å². The quantitative estimate of drug-likeness (QED) is 0.0476. The van der Waals surface area contributed by atoms with Crippen molar-refractivity contribution in [1.29, 1.82) is 0 Å². The lowest BCUT2D eigenvalue weighted by Gasteiger charge is -2.30. The Labute approximate surface area is 480 Å². The van der Waals surface area contributed by atoms with Crippen LogP contribution >= 0.6 is 11.8 Å².